The molecular formula is C14H18N4O3. The number of hydrogen-bond acceptors (Lipinski definition) is 5. The number of rotatable bonds is 3. The Balaban J connectivity index is 1.88. The summed E-state index contributed by atoms with van der Waals surface area (Å²) < 4.78 is 12.6. The van der Waals surface area contributed by atoms with Gasteiger partial charge in [-0.3, -0.25) is 9.48 Å². The molecular weight excluding hydrogens is 272 g/mol. The molecule has 0 radical (unpaired) electrons. The van der Waals surface area contributed by atoms with Crippen LogP contribution in [0.2, 0.25) is 0 Å². The minimum Gasteiger partial charge on any atom is -0.454 e. The van der Waals surface area contributed by atoms with Gasteiger partial charge in [0.05, 0.1) is 25.5 Å². The topological polar surface area (TPSA) is 95.3 Å². The molecule has 2 aromatic rings. The Morgan fingerprint density at radius 3 is 3.10 bits per heavy atom. The van der Waals surface area contributed by atoms with Crippen molar-refractivity contribution in [3.63, 3.8) is 0 Å². The molecule has 0 aliphatic carbocycles. The van der Waals surface area contributed by atoms with Crippen LogP contribution in [-0.2, 0) is 31.4 Å². The second kappa shape index (κ2) is 5.34. The van der Waals surface area contributed by atoms with Crippen LogP contribution in [-0.4, -0.2) is 22.3 Å². The maximum absolute atomic E-state index is 12.4. The van der Waals surface area contributed by atoms with Crippen LogP contribution in [0.1, 0.15) is 33.1 Å². The van der Waals surface area contributed by atoms with Gasteiger partial charge in [0.1, 0.15) is 11.6 Å². The Kier molecular flexibility index (Phi) is 3.52. The van der Waals surface area contributed by atoms with Gasteiger partial charge >= 0.3 is 0 Å². The number of fused-ring (bicyclic) bond motifs is 1. The van der Waals surface area contributed by atoms with Crippen molar-refractivity contribution in [2.75, 3.05) is 11.9 Å². The first-order valence-corrected chi connectivity index (χ1v) is 6.83. The van der Waals surface area contributed by atoms with E-state index >= 15 is 0 Å². The van der Waals surface area contributed by atoms with E-state index in [4.69, 9.17) is 14.9 Å². The zero-order chi connectivity index (χ0) is 15.0. The second-order valence-electron chi connectivity index (χ2n) is 5.08. The highest BCUT2D eigenvalue weighted by Gasteiger charge is 2.23. The maximum Gasteiger partial charge on any atom is 0.292 e. The molecule has 0 saturated carbocycles. The Morgan fingerprint density at radius 2 is 2.38 bits per heavy atom. The highest BCUT2D eigenvalue weighted by molar-refractivity contribution is 6.03. The predicted octanol–water partition coefficient (Wildman–Crippen LogP) is 1.11. The number of aromatic nitrogens is 2. The Labute approximate surface area is 122 Å². The number of carbonyl (C=O) groups excluding carboxylic acids is 1. The van der Waals surface area contributed by atoms with Crippen molar-refractivity contribution >= 4 is 11.7 Å². The van der Waals surface area contributed by atoms with Crippen molar-refractivity contribution in [1.82, 2.24) is 9.78 Å². The minimum absolute atomic E-state index is 0.267. The fourth-order valence-corrected chi connectivity index (χ4v) is 2.51. The summed E-state index contributed by atoms with van der Waals surface area (Å²) in [5.41, 5.74) is 8.19. The van der Waals surface area contributed by atoms with E-state index in [9.17, 15) is 4.79 Å². The fraction of sp³-hybridized carbons (Fsp3) is 0.429. The molecule has 7 heteroatoms. The second-order valence-corrected chi connectivity index (χ2v) is 5.08. The van der Waals surface area contributed by atoms with Gasteiger partial charge in [-0.15, -0.1) is 0 Å². The molecule has 1 amide bonds. The van der Waals surface area contributed by atoms with E-state index in [1.165, 1.54) is 0 Å². The van der Waals surface area contributed by atoms with Gasteiger partial charge in [0.25, 0.3) is 5.91 Å². The quantitative estimate of drug-likeness (QED) is 0.882. The number of nitrogens with two attached hydrogens (primary N) is 1. The van der Waals surface area contributed by atoms with Crippen LogP contribution in [0.4, 0.5) is 5.82 Å². The van der Waals surface area contributed by atoms with Crippen molar-refractivity contribution in [2.24, 2.45) is 12.8 Å². The molecule has 21 heavy (non-hydrogen) atoms. The first kappa shape index (κ1) is 13.8. The first-order valence-electron chi connectivity index (χ1n) is 6.83. The van der Waals surface area contributed by atoms with Crippen molar-refractivity contribution in [3.05, 3.63) is 34.4 Å². The Bertz CT molecular complexity index is 687. The molecule has 3 heterocycles. The van der Waals surface area contributed by atoms with Crippen LogP contribution in [0.5, 0.6) is 0 Å². The molecule has 1 aliphatic rings. The summed E-state index contributed by atoms with van der Waals surface area (Å²) in [6.45, 7) is 3.21. The number of ether oxygens (including phenoxy) is 1. The van der Waals surface area contributed by atoms with Crippen LogP contribution in [0.25, 0.3) is 0 Å². The molecule has 3 rings (SSSR count). The van der Waals surface area contributed by atoms with Crippen LogP contribution < -0.4 is 11.1 Å². The summed E-state index contributed by atoms with van der Waals surface area (Å²) in [5, 5.41) is 7.27. The summed E-state index contributed by atoms with van der Waals surface area (Å²) in [4.78, 5) is 12.4. The number of anilines is 1. The number of nitrogens with zero attached hydrogens (tertiary/aromatic N) is 2. The van der Waals surface area contributed by atoms with Gasteiger partial charge in [-0.1, -0.05) is 0 Å². The highest BCUT2D eigenvalue weighted by Crippen LogP contribution is 2.25. The van der Waals surface area contributed by atoms with Crippen molar-refractivity contribution < 1.29 is 13.9 Å². The molecule has 0 atom stereocenters. The van der Waals surface area contributed by atoms with Gasteiger partial charge in [0.15, 0.2) is 5.76 Å². The Morgan fingerprint density at radius 1 is 1.57 bits per heavy atom. The van der Waals surface area contributed by atoms with Crippen LogP contribution in [0, 0.1) is 6.92 Å². The van der Waals surface area contributed by atoms with Crippen LogP contribution in [0.3, 0.4) is 0 Å². The predicted molar refractivity (Wildman–Crippen MR) is 75.9 cm³/mol. The molecule has 2 aromatic heterocycles. The van der Waals surface area contributed by atoms with E-state index in [0.29, 0.717) is 24.8 Å². The van der Waals surface area contributed by atoms with E-state index in [1.54, 1.807) is 17.8 Å². The van der Waals surface area contributed by atoms with Gasteiger partial charge in [0, 0.05) is 24.6 Å². The van der Waals surface area contributed by atoms with Crippen molar-refractivity contribution in [2.45, 2.75) is 26.5 Å². The smallest absolute Gasteiger partial charge is 0.292 e. The lowest BCUT2D eigenvalue weighted by molar-refractivity contribution is 0.0991. The number of nitrogens with one attached hydrogen (secondary N) is 1. The van der Waals surface area contributed by atoms with Crippen LogP contribution in [0.15, 0.2) is 10.5 Å². The molecule has 0 unspecified atom stereocenters. The zero-order valence-corrected chi connectivity index (χ0v) is 12.1. The number of aryl methyl sites for hydroxylation is 2. The average molecular weight is 290 g/mol. The third-order valence-electron chi connectivity index (χ3n) is 3.57. The summed E-state index contributed by atoms with van der Waals surface area (Å²) in [6.07, 6.45) is 0.760. The third kappa shape index (κ3) is 2.45. The van der Waals surface area contributed by atoms with Crippen molar-refractivity contribution in [3.8, 4) is 0 Å². The third-order valence-corrected chi connectivity index (χ3v) is 3.57. The highest BCUT2D eigenvalue weighted by atomic mass is 16.5. The number of amides is 1. The number of furan rings is 1. The van der Waals surface area contributed by atoms with Crippen LogP contribution >= 0.6 is 0 Å². The molecule has 0 bridgehead atoms. The van der Waals surface area contributed by atoms with E-state index in [2.05, 4.69) is 10.4 Å². The SMILES string of the molecule is Cc1cc(CN)oc1C(=O)Nc1c2c(nn1C)CCOC2. The van der Waals surface area contributed by atoms with E-state index in [0.717, 1.165) is 23.2 Å². The molecule has 7 nitrogen and oxygen atoms in total. The first-order chi connectivity index (χ1) is 10.1. The van der Waals surface area contributed by atoms with E-state index in [-0.39, 0.29) is 18.2 Å². The molecule has 3 N–H and O–H groups in total. The zero-order valence-electron chi connectivity index (χ0n) is 12.1. The molecule has 0 fully saturated rings. The van der Waals surface area contributed by atoms with Gasteiger partial charge < -0.3 is 20.2 Å². The number of hydrogen-bond donors (Lipinski definition) is 2. The molecule has 0 saturated heterocycles. The van der Waals surface area contributed by atoms with E-state index in [1.807, 2.05) is 6.92 Å². The lowest BCUT2D eigenvalue weighted by Crippen LogP contribution is -2.17. The lowest BCUT2D eigenvalue weighted by atomic mass is 10.1. The lowest BCUT2D eigenvalue weighted by Gasteiger charge is -2.12. The number of carbonyl (C=O) groups is 1. The molecule has 1 aliphatic heterocycles. The summed E-state index contributed by atoms with van der Waals surface area (Å²) in [7, 11) is 1.80. The van der Waals surface area contributed by atoms with Gasteiger partial charge in [-0.2, -0.15) is 5.10 Å². The monoisotopic (exact) mass is 290 g/mol. The minimum atomic E-state index is -0.302. The van der Waals surface area contributed by atoms with Gasteiger partial charge in [0.2, 0.25) is 0 Å². The molecule has 112 valence electrons. The fourth-order valence-electron chi connectivity index (χ4n) is 2.51. The Hall–Kier alpha value is -2.12. The summed E-state index contributed by atoms with van der Waals surface area (Å²) in [5.74, 6) is 1.22. The normalized spacial score (nSPS) is 14.0. The standard InChI is InChI=1S/C14H18N4O3/c1-8-5-9(6-15)21-12(8)14(19)16-13-10-7-20-4-3-11(10)17-18(13)2/h5H,3-4,6-7,15H2,1-2H3,(H,16,19). The maximum atomic E-state index is 12.4. The summed E-state index contributed by atoms with van der Waals surface area (Å²) in [6, 6.07) is 1.77. The summed E-state index contributed by atoms with van der Waals surface area (Å²) >= 11 is 0. The van der Waals surface area contributed by atoms with Gasteiger partial charge in [-0.25, -0.2) is 0 Å². The van der Waals surface area contributed by atoms with Gasteiger partial charge in [-0.05, 0) is 13.0 Å². The largest absolute Gasteiger partial charge is 0.454 e. The molecule has 0 spiro atoms. The van der Waals surface area contributed by atoms with Crippen molar-refractivity contribution in [1.29, 1.82) is 0 Å². The average Bonchev–Trinajstić information content (AvgIpc) is 3.00. The van der Waals surface area contributed by atoms with E-state index < -0.39 is 0 Å². The molecule has 0 aromatic carbocycles.